The minimum Gasteiger partial charge on any atom is -0.392 e. The molecule has 0 aliphatic carbocycles. The normalized spacial score (nSPS) is 20.0. The van der Waals surface area contributed by atoms with Crippen LogP contribution in [0.4, 0.5) is 5.69 Å². The monoisotopic (exact) mass is 367 g/mol. The molecular weight excluding hydrogens is 350 g/mol. The van der Waals surface area contributed by atoms with Gasteiger partial charge in [-0.15, -0.1) is 0 Å². The number of hydrogen-bond donors (Lipinski definition) is 1. The van der Waals surface area contributed by atoms with E-state index in [4.69, 9.17) is 4.52 Å². The number of hydrogen-bond acceptors (Lipinski definition) is 8. The van der Waals surface area contributed by atoms with Crippen LogP contribution in [0.25, 0.3) is 11.4 Å². The molecule has 2 aromatic heterocycles. The highest BCUT2D eigenvalue weighted by Gasteiger charge is 2.36. The summed E-state index contributed by atoms with van der Waals surface area (Å²) >= 11 is 0. The molecule has 0 spiro atoms. The maximum atomic E-state index is 11.3. The summed E-state index contributed by atoms with van der Waals surface area (Å²) < 4.78 is 5.43. The fourth-order valence-corrected chi connectivity index (χ4v) is 3.34. The first-order valence-electron chi connectivity index (χ1n) is 8.50. The summed E-state index contributed by atoms with van der Waals surface area (Å²) in [5.74, 6) is 0.830. The van der Waals surface area contributed by atoms with Crippen LogP contribution in [-0.4, -0.2) is 42.7 Å². The molecule has 1 aliphatic rings. The van der Waals surface area contributed by atoms with Crippen molar-refractivity contribution in [1.29, 1.82) is 0 Å². The highest BCUT2D eigenvalue weighted by atomic mass is 16.6. The van der Waals surface area contributed by atoms with Crippen molar-refractivity contribution < 1.29 is 14.6 Å². The molecule has 3 heterocycles. The van der Waals surface area contributed by atoms with Crippen molar-refractivity contribution in [2.24, 2.45) is 0 Å². The molecule has 1 saturated heterocycles. The quantitative estimate of drug-likeness (QED) is 0.539. The molecule has 4 rings (SSSR count). The topological polar surface area (TPSA) is 118 Å². The number of para-hydroxylation sites is 1. The predicted octanol–water partition coefficient (Wildman–Crippen LogP) is 2.35. The molecule has 1 N–H and O–H groups in total. The molecule has 1 aromatic carbocycles. The van der Waals surface area contributed by atoms with Gasteiger partial charge in [-0.1, -0.05) is 23.4 Å². The average molecular weight is 367 g/mol. The van der Waals surface area contributed by atoms with Gasteiger partial charge in [0.25, 0.3) is 5.69 Å². The van der Waals surface area contributed by atoms with Crippen LogP contribution < -0.4 is 0 Å². The number of aliphatic hydroxyl groups is 1. The van der Waals surface area contributed by atoms with Gasteiger partial charge in [-0.3, -0.25) is 20.0 Å². The van der Waals surface area contributed by atoms with Gasteiger partial charge in [0.1, 0.15) is 0 Å². The van der Waals surface area contributed by atoms with Crippen LogP contribution >= 0.6 is 0 Å². The lowest BCUT2D eigenvalue weighted by Crippen LogP contribution is -2.25. The molecule has 1 aliphatic heterocycles. The maximum absolute atomic E-state index is 11.3. The van der Waals surface area contributed by atoms with Gasteiger partial charge in [-0.25, -0.2) is 0 Å². The zero-order valence-electron chi connectivity index (χ0n) is 14.3. The van der Waals surface area contributed by atoms with E-state index in [1.165, 1.54) is 6.07 Å². The lowest BCUT2D eigenvalue weighted by atomic mass is 10.1. The number of β-amino-alcohol motifs (C(OH)–C–C–N with tert-alkyl or cyclic N) is 1. The third-order valence-electron chi connectivity index (χ3n) is 4.61. The van der Waals surface area contributed by atoms with E-state index in [1.807, 2.05) is 4.90 Å². The number of likely N-dealkylation sites (tertiary alicyclic amines) is 1. The average Bonchev–Trinajstić information content (AvgIpc) is 3.29. The number of nitro groups is 1. The summed E-state index contributed by atoms with van der Waals surface area (Å²) in [5.41, 5.74) is 1.42. The van der Waals surface area contributed by atoms with Gasteiger partial charge >= 0.3 is 0 Å². The number of aromatic nitrogens is 3. The standard InChI is InChI=1S/C18H17N5O4/c24-14-9-16(18-20-17(21-27-18)12-5-7-19-8-6-12)22(11-14)10-13-3-1-2-4-15(13)23(25)26/h1-8,14,16,24H,9-11H2/t14-,16+/m1/s1. The Balaban J connectivity index is 1.59. The summed E-state index contributed by atoms with van der Waals surface area (Å²) in [7, 11) is 0. The minimum absolute atomic E-state index is 0.0562. The number of aliphatic hydroxyl groups excluding tert-OH is 1. The molecule has 9 nitrogen and oxygen atoms in total. The van der Waals surface area contributed by atoms with Gasteiger partial charge in [-0.2, -0.15) is 4.98 Å². The maximum Gasteiger partial charge on any atom is 0.273 e. The number of nitro benzene ring substituents is 1. The first-order valence-corrected chi connectivity index (χ1v) is 8.50. The van der Waals surface area contributed by atoms with Crippen molar-refractivity contribution >= 4 is 5.69 Å². The highest BCUT2D eigenvalue weighted by molar-refractivity contribution is 5.52. The van der Waals surface area contributed by atoms with Gasteiger partial charge in [-0.05, 0) is 18.6 Å². The molecule has 1 fully saturated rings. The smallest absolute Gasteiger partial charge is 0.273 e. The molecule has 0 amide bonds. The van der Waals surface area contributed by atoms with E-state index in [9.17, 15) is 15.2 Å². The van der Waals surface area contributed by atoms with E-state index < -0.39 is 11.0 Å². The Morgan fingerprint density at radius 1 is 1.26 bits per heavy atom. The molecule has 0 bridgehead atoms. The van der Waals surface area contributed by atoms with Gasteiger partial charge in [0.05, 0.1) is 17.1 Å². The first kappa shape index (κ1) is 17.3. The Labute approximate surface area is 154 Å². The Kier molecular flexibility index (Phi) is 4.61. The SMILES string of the molecule is O=[N+]([O-])c1ccccc1CN1C[C@H](O)C[C@H]1c1nc(-c2ccncc2)no1. The third kappa shape index (κ3) is 3.55. The number of nitrogens with zero attached hydrogens (tertiary/aromatic N) is 5. The Hall–Kier alpha value is -3.17. The number of rotatable bonds is 5. The molecule has 27 heavy (non-hydrogen) atoms. The van der Waals surface area contributed by atoms with Crippen molar-refractivity contribution in [3.05, 3.63) is 70.4 Å². The molecule has 3 aromatic rings. The fourth-order valence-electron chi connectivity index (χ4n) is 3.34. The van der Waals surface area contributed by atoms with Crippen LogP contribution in [0.15, 0.2) is 53.3 Å². The molecule has 0 radical (unpaired) electrons. The number of benzene rings is 1. The van der Waals surface area contributed by atoms with E-state index in [2.05, 4.69) is 15.1 Å². The van der Waals surface area contributed by atoms with Gasteiger partial charge in [0, 0.05) is 42.7 Å². The highest BCUT2D eigenvalue weighted by Crippen LogP contribution is 2.34. The molecule has 138 valence electrons. The van der Waals surface area contributed by atoms with E-state index in [-0.39, 0.29) is 11.7 Å². The van der Waals surface area contributed by atoms with Gasteiger partial charge < -0.3 is 9.63 Å². The fraction of sp³-hybridized carbons (Fsp3) is 0.278. The lowest BCUT2D eigenvalue weighted by Gasteiger charge is -2.21. The molecule has 0 unspecified atom stereocenters. The van der Waals surface area contributed by atoms with E-state index in [1.54, 1.807) is 42.7 Å². The second-order valence-corrected chi connectivity index (χ2v) is 6.41. The molecular formula is C18H17N5O4. The van der Waals surface area contributed by atoms with Crippen LogP contribution in [0.3, 0.4) is 0 Å². The van der Waals surface area contributed by atoms with Gasteiger partial charge in [0.2, 0.25) is 11.7 Å². The summed E-state index contributed by atoms with van der Waals surface area (Å²) in [5, 5.41) is 25.4. The largest absolute Gasteiger partial charge is 0.392 e. The molecule has 9 heteroatoms. The molecule has 2 atom stereocenters. The second kappa shape index (κ2) is 7.22. The van der Waals surface area contributed by atoms with Crippen LogP contribution in [0.5, 0.6) is 0 Å². The van der Waals surface area contributed by atoms with Crippen molar-refractivity contribution in [2.45, 2.75) is 25.1 Å². The minimum atomic E-state index is -0.561. The van der Waals surface area contributed by atoms with E-state index in [0.717, 1.165) is 5.56 Å². The summed E-state index contributed by atoms with van der Waals surface area (Å²) in [4.78, 5) is 21.2. The summed E-state index contributed by atoms with van der Waals surface area (Å²) in [6.45, 7) is 0.690. The second-order valence-electron chi connectivity index (χ2n) is 6.41. The Morgan fingerprint density at radius 3 is 2.81 bits per heavy atom. The van der Waals surface area contributed by atoms with Crippen molar-refractivity contribution in [3.8, 4) is 11.4 Å². The van der Waals surface area contributed by atoms with E-state index >= 15 is 0 Å². The van der Waals surface area contributed by atoms with Gasteiger partial charge in [0.15, 0.2) is 0 Å². The third-order valence-corrected chi connectivity index (χ3v) is 4.61. The van der Waals surface area contributed by atoms with Crippen molar-refractivity contribution in [2.75, 3.05) is 6.54 Å². The Morgan fingerprint density at radius 2 is 2.04 bits per heavy atom. The molecule has 0 saturated carbocycles. The summed E-state index contributed by atoms with van der Waals surface area (Å²) in [6, 6.07) is 9.85. The van der Waals surface area contributed by atoms with Crippen molar-refractivity contribution in [1.82, 2.24) is 20.0 Å². The van der Waals surface area contributed by atoms with Crippen LogP contribution in [-0.2, 0) is 6.54 Å². The zero-order valence-corrected chi connectivity index (χ0v) is 14.3. The Bertz CT molecular complexity index is 946. The van der Waals surface area contributed by atoms with Crippen molar-refractivity contribution in [3.63, 3.8) is 0 Å². The van der Waals surface area contributed by atoms with Crippen LogP contribution in [0.1, 0.15) is 23.9 Å². The zero-order chi connectivity index (χ0) is 18.8. The van der Waals surface area contributed by atoms with Crippen LogP contribution in [0.2, 0.25) is 0 Å². The van der Waals surface area contributed by atoms with E-state index in [0.29, 0.717) is 36.8 Å². The summed E-state index contributed by atoms with van der Waals surface area (Å²) in [6.07, 6.45) is 3.16. The van der Waals surface area contributed by atoms with Crippen LogP contribution in [0, 0.1) is 10.1 Å². The predicted molar refractivity (Wildman–Crippen MR) is 94.4 cm³/mol. The number of pyridine rings is 1. The first-order chi connectivity index (χ1) is 13.1. The lowest BCUT2D eigenvalue weighted by molar-refractivity contribution is -0.385.